The Morgan fingerprint density at radius 3 is 2.50 bits per heavy atom. The van der Waals surface area contributed by atoms with Crippen molar-refractivity contribution in [3.63, 3.8) is 0 Å². The first-order valence-electron chi connectivity index (χ1n) is 11.6. The number of carbonyl (C=O) groups is 4. The first-order valence-corrected chi connectivity index (χ1v) is 11.6. The highest BCUT2D eigenvalue weighted by Gasteiger charge is 2.63. The molecule has 0 saturated heterocycles. The van der Waals surface area contributed by atoms with Crippen LogP contribution in [0, 0.1) is 11.8 Å². The van der Waals surface area contributed by atoms with E-state index in [0.717, 1.165) is 0 Å². The van der Waals surface area contributed by atoms with Crippen LogP contribution in [0.4, 0.5) is 5.69 Å². The number of aromatic hydroxyl groups is 1. The number of ketones is 2. The number of benzene rings is 1. The highest BCUT2D eigenvalue weighted by atomic mass is 16.5. The van der Waals surface area contributed by atoms with Gasteiger partial charge in [0.25, 0.3) is 11.8 Å². The maximum atomic E-state index is 13.7. The van der Waals surface area contributed by atoms with E-state index in [4.69, 9.17) is 10.3 Å². The summed E-state index contributed by atoms with van der Waals surface area (Å²) < 4.78 is 4.79. The number of likely N-dealkylation sites (N-methyl/N-ethyl adjacent to an activating group) is 1. The van der Waals surface area contributed by atoms with Crippen molar-refractivity contribution in [1.29, 1.82) is 0 Å². The molecule has 13 heteroatoms. The topological polar surface area (TPSA) is 217 Å². The molecule has 3 aliphatic carbocycles. The monoisotopic (exact) mass is 524 g/mol. The molecular formula is C25H24N4O9. The Labute approximate surface area is 214 Å². The number of aliphatic hydroxyl groups is 3. The van der Waals surface area contributed by atoms with Gasteiger partial charge in [-0.2, -0.15) is 0 Å². The fraction of sp³-hybridized carbons (Fsp3) is 0.320. The van der Waals surface area contributed by atoms with E-state index in [1.807, 2.05) is 0 Å². The molecule has 0 fully saturated rings. The number of aliphatic hydroxyl groups excluding tert-OH is 2. The Hall–Kier alpha value is -4.49. The van der Waals surface area contributed by atoms with Crippen molar-refractivity contribution < 1.29 is 44.1 Å². The Morgan fingerprint density at radius 2 is 1.89 bits per heavy atom. The number of amides is 2. The number of allylic oxidation sites excluding steroid dienone is 1. The van der Waals surface area contributed by atoms with Gasteiger partial charge in [0.15, 0.2) is 17.1 Å². The van der Waals surface area contributed by atoms with Crippen molar-refractivity contribution in [2.24, 2.45) is 17.6 Å². The van der Waals surface area contributed by atoms with Gasteiger partial charge in [-0.25, -0.2) is 0 Å². The quantitative estimate of drug-likeness (QED) is 0.237. The summed E-state index contributed by atoms with van der Waals surface area (Å²) >= 11 is 0. The van der Waals surface area contributed by atoms with Crippen molar-refractivity contribution in [2.45, 2.75) is 24.5 Å². The molecule has 0 spiro atoms. The Balaban J connectivity index is 1.62. The fourth-order valence-electron chi connectivity index (χ4n) is 5.84. The summed E-state index contributed by atoms with van der Waals surface area (Å²) in [6, 6.07) is 3.18. The summed E-state index contributed by atoms with van der Waals surface area (Å²) in [5.41, 5.74) is 1.51. The number of aromatic nitrogens is 1. The molecule has 4 unspecified atom stereocenters. The molecule has 2 amide bonds. The number of Topliss-reactive ketones (excluding diaryl/α,β-unsaturated/α-hetero) is 2. The van der Waals surface area contributed by atoms with Crippen LogP contribution in [0.1, 0.15) is 32.9 Å². The van der Waals surface area contributed by atoms with Crippen LogP contribution in [0.2, 0.25) is 0 Å². The molecule has 3 aliphatic rings. The van der Waals surface area contributed by atoms with Crippen LogP contribution in [-0.4, -0.2) is 79.6 Å². The first kappa shape index (κ1) is 25.2. The van der Waals surface area contributed by atoms with Crippen molar-refractivity contribution in [3.8, 4) is 5.75 Å². The highest BCUT2D eigenvalue weighted by Crippen LogP contribution is 2.52. The lowest BCUT2D eigenvalue weighted by Gasteiger charge is -2.50. The molecule has 4 atom stereocenters. The molecule has 1 heterocycles. The molecule has 13 nitrogen and oxygen atoms in total. The third-order valence-corrected chi connectivity index (χ3v) is 7.50. The second kappa shape index (κ2) is 8.53. The first-order chi connectivity index (χ1) is 17.9. The Bertz CT molecular complexity index is 1470. The van der Waals surface area contributed by atoms with E-state index in [9.17, 15) is 39.6 Å². The molecule has 38 heavy (non-hydrogen) atoms. The zero-order valence-electron chi connectivity index (χ0n) is 20.3. The molecule has 0 radical (unpaired) electrons. The number of phenolic OH excluding ortho intramolecular Hbond substituents is 1. The van der Waals surface area contributed by atoms with E-state index < -0.39 is 69.7 Å². The van der Waals surface area contributed by atoms with Crippen LogP contribution in [0.25, 0.3) is 0 Å². The number of anilines is 1. The van der Waals surface area contributed by atoms with E-state index in [1.165, 1.54) is 29.3 Å². The summed E-state index contributed by atoms with van der Waals surface area (Å²) in [6.07, 6.45) is 1.38. The van der Waals surface area contributed by atoms with Crippen LogP contribution in [0.15, 0.2) is 51.6 Å². The second-order valence-electron chi connectivity index (χ2n) is 9.79. The number of hydrogen-bond donors (Lipinski definition) is 6. The molecule has 0 saturated carbocycles. The summed E-state index contributed by atoms with van der Waals surface area (Å²) in [6.45, 7) is 0. The Morgan fingerprint density at radius 1 is 1.18 bits per heavy atom. The van der Waals surface area contributed by atoms with Crippen LogP contribution in [0.5, 0.6) is 5.75 Å². The van der Waals surface area contributed by atoms with Gasteiger partial charge in [-0.1, -0.05) is 11.2 Å². The average molecular weight is 524 g/mol. The summed E-state index contributed by atoms with van der Waals surface area (Å²) in [5, 5.41) is 50.4. The Kier molecular flexibility index (Phi) is 5.65. The van der Waals surface area contributed by atoms with Crippen molar-refractivity contribution in [3.05, 3.63) is 63.9 Å². The standard InChI is InChI=1S/C25H24N4O9/c1-29(2)17-11-8-10-7-9-3-4-12(28-24(36)13-5-6-27-38-13)18(30)14(9)19(31)15(10)21(33)25(11,37)22(34)16(20(17)32)23(26)35/h3-6,10-11,17,30,32-33,37H,7-8H2,1-2H3,(H2,26,35)(H,28,36). The van der Waals surface area contributed by atoms with Gasteiger partial charge in [0.1, 0.15) is 17.1 Å². The lowest BCUT2D eigenvalue weighted by Crippen LogP contribution is -2.63. The zero-order chi connectivity index (χ0) is 27.7. The van der Waals surface area contributed by atoms with Gasteiger partial charge in [0.2, 0.25) is 11.5 Å². The predicted molar refractivity (Wildman–Crippen MR) is 128 cm³/mol. The van der Waals surface area contributed by atoms with E-state index in [1.54, 1.807) is 14.1 Å². The van der Waals surface area contributed by atoms with Gasteiger partial charge in [-0.3, -0.25) is 24.1 Å². The molecule has 0 aliphatic heterocycles. The van der Waals surface area contributed by atoms with E-state index in [2.05, 4.69) is 10.5 Å². The summed E-state index contributed by atoms with van der Waals surface area (Å²) in [7, 11) is 3.11. The minimum atomic E-state index is -2.72. The molecule has 7 N–H and O–H groups in total. The lowest BCUT2D eigenvalue weighted by atomic mass is 9.58. The number of nitrogens with zero attached hydrogens (tertiary/aromatic N) is 2. The third kappa shape index (κ3) is 3.35. The summed E-state index contributed by atoms with van der Waals surface area (Å²) in [4.78, 5) is 52.8. The predicted octanol–water partition coefficient (Wildman–Crippen LogP) is 0.361. The van der Waals surface area contributed by atoms with Gasteiger partial charge in [0, 0.05) is 17.6 Å². The van der Waals surface area contributed by atoms with Gasteiger partial charge in [-0.15, -0.1) is 0 Å². The molecule has 0 bridgehead atoms. The maximum Gasteiger partial charge on any atom is 0.294 e. The van der Waals surface area contributed by atoms with Crippen molar-refractivity contribution in [2.75, 3.05) is 19.4 Å². The van der Waals surface area contributed by atoms with Gasteiger partial charge >= 0.3 is 0 Å². The van der Waals surface area contributed by atoms with Crippen LogP contribution < -0.4 is 11.1 Å². The largest absolute Gasteiger partial charge is 0.510 e. The lowest BCUT2D eigenvalue weighted by molar-refractivity contribution is -0.148. The van der Waals surface area contributed by atoms with Crippen molar-refractivity contribution >= 4 is 29.1 Å². The summed E-state index contributed by atoms with van der Waals surface area (Å²) in [5.74, 6) is -8.31. The van der Waals surface area contributed by atoms with Gasteiger partial charge < -0.3 is 36.0 Å². The molecule has 198 valence electrons. The van der Waals surface area contributed by atoms with Gasteiger partial charge in [0.05, 0.1) is 23.5 Å². The number of primary amides is 1. The molecular weight excluding hydrogens is 500 g/mol. The number of fused-ring (bicyclic) bond motifs is 3. The van der Waals surface area contributed by atoms with Crippen LogP contribution >= 0.6 is 0 Å². The number of nitrogens with one attached hydrogen (secondary N) is 1. The minimum absolute atomic E-state index is 0.0174. The highest BCUT2D eigenvalue weighted by molar-refractivity contribution is 6.25. The van der Waals surface area contributed by atoms with E-state index >= 15 is 0 Å². The van der Waals surface area contributed by atoms with Crippen LogP contribution in [0.3, 0.4) is 0 Å². The molecule has 1 aromatic carbocycles. The average Bonchev–Trinajstić information content (AvgIpc) is 3.38. The second-order valence-corrected chi connectivity index (χ2v) is 9.79. The number of carbonyl (C=O) groups excluding carboxylic acids is 4. The fourth-order valence-corrected chi connectivity index (χ4v) is 5.84. The number of hydrogen-bond acceptors (Lipinski definition) is 11. The van der Waals surface area contributed by atoms with Gasteiger partial charge in [-0.05, 0) is 44.5 Å². The maximum absolute atomic E-state index is 13.7. The smallest absolute Gasteiger partial charge is 0.294 e. The number of nitrogens with two attached hydrogens (primary N) is 1. The number of phenols is 1. The van der Waals surface area contributed by atoms with Crippen LogP contribution in [-0.2, 0) is 16.0 Å². The van der Waals surface area contributed by atoms with E-state index in [0.29, 0.717) is 5.56 Å². The van der Waals surface area contributed by atoms with Crippen molar-refractivity contribution in [1.82, 2.24) is 10.1 Å². The zero-order valence-corrected chi connectivity index (χ0v) is 20.3. The molecule has 2 aromatic rings. The normalized spacial score (nSPS) is 26.7. The third-order valence-electron chi connectivity index (χ3n) is 7.50. The molecule has 5 rings (SSSR count). The minimum Gasteiger partial charge on any atom is -0.510 e. The van der Waals surface area contributed by atoms with E-state index in [-0.39, 0.29) is 35.4 Å². The number of rotatable bonds is 4. The molecule has 1 aromatic heterocycles. The SMILES string of the molecule is CN(C)C1C(O)=C(C(N)=O)C(=O)C2(O)C(O)=C3C(=O)c4c(ccc(NC(=O)c5ccno5)c4O)CC3CC12.